The Hall–Kier alpha value is -2.40. The lowest BCUT2D eigenvalue weighted by atomic mass is 10.1. The fraction of sp³-hybridized carbons (Fsp3) is 0.278. The van der Waals surface area contributed by atoms with E-state index >= 15 is 0 Å². The van der Waals surface area contributed by atoms with Crippen LogP contribution in [0.3, 0.4) is 0 Å². The van der Waals surface area contributed by atoms with Gasteiger partial charge in [-0.25, -0.2) is 0 Å². The van der Waals surface area contributed by atoms with E-state index in [0.29, 0.717) is 41.0 Å². The van der Waals surface area contributed by atoms with Crippen LogP contribution in [0.25, 0.3) is 0 Å². The molecule has 0 aliphatic rings. The van der Waals surface area contributed by atoms with E-state index in [1.54, 1.807) is 24.3 Å². The summed E-state index contributed by atoms with van der Waals surface area (Å²) in [4.78, 5) is 12.4. The zero-order valence-corrected chi connectivity index (χ0v) is 14.4. The molecule has 2 aromatic carbocycles. The lowest BCUT2D eigenvalue weighted by Crippen LogP contribution is -2.13. The summed E-state index contributed by atoms with van der Waals surface area (Å²) in [6, 6.07) is 9.59. The molecule has 0 atom stereocenters. The number of hydrogen-bond donors (Lipinski definition) is 2. The fourth-order valence-corrected chi connectivity index (χ4v) is 2.35. The van der Waals surface area contributed by atoms with E-state index in [2.05, 4.69) is 5.32 Å². The third-order valence-electron chi connectivity index (χ3n) is 3.17. The molecule has 0 unspecified atom stereocenters. The molecule has 1 amide bonds. The van der Waals surface area contributed by atoms with Crippen molar-refractivity contribution in [3.05, 3.63) is 47.0 Å². The Labute approximate surface area is 146 Å². The molecule has 2 rings (SSSR count). The van der Waals surface area contributed by atoms with Crippen LogP contribution in [0.15, 0.2) is 36.4 Å². The second-order valence-electron chi connectivity index (χ2n) is 5.04. The molecule has 6 heteroatoms. The average Bonchev–Trinajstić information content (AvgIpc) is 2.56. The topological polar surface area (TPSA) is 67.8 Å². The van der Waals surface area contributed by atoms with Gasteiger partial charge in [-0.05, 0) is 37.6 Å². The van der Waals surface area contributed by atoms with Crippen molar-refractivity contribution in [3.8, 4) is 17.2 Å². The number of hydrogen-bond acceptors (Lipinski definition) is 4. The normalized spacial score (nSPS) is 10.3. The van der Waals surface area contributed by atoms with E-state index in [1.807, 2.05) is 13.8 Å². The van der Waals surface area contributed by atoms with Crippen LogP contribution < -0.4 is 14.8 Å². The van der Waals surface area contributed by atoms with Gasteiger partial charge in [0.2, 0.25) is 0 Å². The summed E-state index contributed by atoms with van der Waals surface area (Å²) in [7, 11) is 0. The molecular weight excluding hydrogens is 330 g/mol. The Morgan fingerprint density at radius 3 is 2.62 bits per heavy atom. The number of carbonyl (C=O) groups is 1. The van der Waals surface area contributed by atoms with Gasteiger partial charge >= 0.3 is 0 Å². The number of anilines is 1. The summed E-state index contributed by atoms with van der Waals surface area (Å²) in [6.07, 6.45) is 0.831. The van der Waals surface area contributed by atoms with Crippen molar-refractivity contribution >= 4 is 23.2 Å². The summed E-state index contributed by atoms with van der Waals surface area (Å²) in [5.74, 6) is 0.437. The van der Waals surface area contributed by atoms with Crippen LogP contribution in [-0.4, -0.2) is 24.2 Å². The molecule has 0 bridgehead atoms. The van der Waals surface area contributed by atoms with Crippen molar-refractivity contribution in [2.45, 2.75) is 20.3 Å². The SMILES string of the molecule is CCCOc1c(Cl)cc(C(=O)Nc2ccccc2O)cc1OCC. The van der Waals surface area contributed by atoms with E-state index in [1.165, 1.54) is 12.1 Å². The van der Waals surface area contributed by atoms with E-state index in [9.17, 15) is 9.90 Å². The fourth-order valence-electron chi connectivity index (χ4n) is 2.08. The summed E-state index contributed by atoms with van der Waals surface area (Å²) in [5, 5.41) is 12.7. The lowest BCUT2D eigenvalue weighted by molar-refractivity contribution is 0.102. The predicted octanol–water partition coefficient (Wildman–Crippen LogP) is 4.49. The van der Waals surface area contributed by atoms with Crippen molar-refractivity contribution in [2.24, 2.45) is 0 Å². The first-order valence-corrected chi connectivity index (χ1v) is 8.13. The molecule has 128 valence electrons. The number of halogens is 1. The average molecular weight is 350 g/mol. The van der Waals surface area contributed by atoms with Gasteiger partial charge in [0.15, 0.2) is 11.5 Å². The molecule has 24 heavy (non-hydrogen) atoms. The monoisotopic (exact) mass is 349 g/mol. The van der Waals surface area contributed by atoms with Gasteiger partial charge in [0.1, 0.15) is 5.75 Å². The number of ether oxygens (including phenoxy) is 2. The zero-order chi connectivity index (χ0) is 17.5. The van der Waals surface area contributed by atoms with Gasteiger partial charge in [0.05, 0.1) is 23.9 Å². The molecule has 0 radical (unpaired) electrons. The van der Waals surface area contributed by atoms with Gasteiger partial charge in [-0.15, -0.1) is 0 Å². The Kier molecular flexibility index (Phi) is 6.32. The largest absolute Gasteiger partial charge is 0.506 e. The van der Waals surface area contributed by atoms with E-state index < -0.39 is 5.91 Å². The minimum absolute atomic E-state index is 0.00937. The van der Waals surface area contributed by atoms with Crippen LogP contribution in [0.2, 0.25) is 5.02 Å². The molecule has 0 heterocycles. The third kappa shape index (κ3) is 4.32. The van der Waals surface area contributed by atoms with Crippen LogP contribution in [0.4, 0.5) is 5.69 Å². The van der Waals surface area contributed by atoms with Gasteiger partial charge in [-0.3, -0.25) is 4.79 Å². The number of para-hydroxylation sites is 2. The first kappa shape index (κ1) is 17.9. The molecule has 0 fully saturated rings. The zero-order valence-electron chi connectivity index (χ0n) is 13.6. The number of phenols is 1. The second-order valence-corrected chi connectivity index (χ2v) is 5.45. The number of benzene rings is 2. The second kappa shape index (κ2) is 8.45. The van der Waals surface area contributed by atoms with Crippen LogP contribution in [0.1, 0.15) is 30.6 Å². The number of amides is 1. The minimum atomic E-state index is -0.401. The molecule has 0 aliphatic heterocycles. The van der Waals surface area contributed by atoms with Gasteiger partial charge in [-0.2, -0.15) is 0 Å². The maximum Gasteiger partial charge on any atom is 0.255 e. The number of nitrogens with one attached hydrogen (secondary N) is 1. The molecule has 0 spiro atoms. The smallest absolute Gasteiger partial charge is 0.255 e. The van der Waals surface area contributed by atoms with Crippen molar-refractivity contribution in [1.82, 2.24) is 0 Å². The Morgan fingerprint density at radius 2 is 1.96 bits per heavy atom. The van der Waals surface area contributed by atoms with Gasteiger partial charge in [0, 0.05) is 5.56 Å². The molecule has 0 saturated carbocycles. The van der Waals surface area contributed by atoms with Crippen LogP contribution in [-0.2, 0) is 0 Å². The predicted molar refractivity (Wildman–Crippen MR) is 94.5 cm³/mol. The van der Waals surface area contributed by atoms with Gasteiger partial charge in [0.25, 0.3) is 5.91 Å². The van der Waals surface area contributed by atoms with Gasteiger partial charge < -0.3 is 19.9 Å². The summed E-state index contributed by atoms with van der Waals surface area (Å²) in [6.45, 7) is 4.75. The summed E-state index contributed by atoms with van der Waals surface area (Å²) < 4.78 is 11.2. The number of rotatable bonds is 7. The molecule has 5 nitrogen and oxygen atoms in total. The van der Waals surface area contributed by atoms with Crippen molar-refractivity contribution in [2.75, 3.05) is 18.5 Å². The summed E-state index contributed by atoms with van der Waals surface area (Å²) in [5.41, 5.74) is 0.637. The molecule has 0 aliphatic carbocycles. The Bertz CT molecular complexity index is 718. The first-order chi connectivity index (χ1) is 11.6. The number of aromatic hydroxyl groups is 1. The van der Waals surface area contributed by atoms with Crippen molar-refractivity contribution in [3.63, 3.8) is 0 Å². The molecule has 0 aromatic heterocycles. The highest BCUT2D eigenvalue weighted by molar-refractivity contribution is 6.32. The molecule has 2 aromatic rings. The van der Waals surface area contributed by atoms with Crippen LogP contribution in [0.5, 0.6) is 17.2 Å². The first-order valence-electron chi connectivity index (χ1n) is 7.75. The number of carbonyl (C=O) groups excluding carboxylic acids is 1. The highest BCUT2D eigenvalue weighted by Gasteiger charge is 2.17. The molecular formula is C18H20ClNO4. The summed E-state index contributed by atoms with van der Waals surface area (Å²) >= 11 is 6.25. The Morgan fingerprint density at radius 1 is 1.21 bits per heavy atom. The van der Waals surface area contributed by atoms with Gasteiger partial charge in [-0.1, -0.05) is 30.7 Å². The minimum Gasteiger partial charge on any atom is -0.506 e. The van der Waals surface area contributed by atoms with E-state index in [4.69, 9.17) is 21.1 Å². The van der Waals surface area contributed by atoms with Crippen molar-refractivity contribution < 1.29 is 19.4 Å². The standard InChI is InChI=1S/C18H20ClNO4/c1-3-9-24-17-13(19)10-12(11-16(17)23-4-2)18(22)20-14-7-5-6-8-15(14)21/h5-8,10-11,21H,3-4,9H2,1-2H3,(H,20,22). The highest BCUT2D eigenvalue weighted by atomic mass is 35.5. The third-order valence-corrected chi connectivity index (χ3v) is 3.46. The Balaban J connectivity index is 2.29. The highest BCUT2D eigenvalue weighted by Crippen LogP contribution is 2.37. The molecule has 2 N–H and O–H groups in total. The van der Waals surface area contributed by atoms with E-state index in [-0.39, 0.29) is 5.75 Å². The van der Waals surface area contributed by atoms with Crippen LogP contribution >= 0.6 is 11.6 Å². The maximum absolute atomic E-state index is 12.4. The number of phenolic OH excluding ortho intramolecular Hbond substituents is 1. The van der Waals surface area contributed by atoms with Crippen LogP contribution in [0, 0.1) is 0 Å². The quantitative estimate of drug-likeness (QED) is 0.723. The lowest BCUT2D eigenvalue weighted by Gasteiger charge is -2.15. The van der Waals surface area contributed by atoms with E-state index in [0.717, 1.165) is 6.42 Å². The maximum atomic E-state index is 12.4. The molecule has 0 saturated heterocycles. The van der Waals surface area contributed by atoms with Crippen molar-refractivity contribution in [1.29, 1.82) is 0 Å².